The first-order valence-electron chi connectivity index (χ1n) is 13.0. The first-order chi connectivity index (χ1) is 18.3. The number of amides is 1. The summed E-state index contributed by atoms with van der Waals surface area (Å²) in [5, 5.41) is 12.4. The maximum Gasteiger partial charge on any atom is 0.300 e. The summed E-state index contributed by atoms with van der Waals surface area (Å²) in [6.45, 7) is 8.84. The number of ether oxygens (including phenoxy) is 1. The number of aliphatic hydroxyl groups is 1. The summed E-state index contributed by atoms with van der Waals surface area (Å²) < 4.78 is 5.85. The van der Waals surface area contributed by atoms with Crippen LogP contribution in [0, 0.1) is 5.92 Å². The number of Topliss-reactive ketones (excluding diaryl/α,β-unsaturated/α-hetero) is 1. The lowest BCUT2D eigenvalue weighted by Gasteiger charge is -2.25. The van der Waals surface area contributed by atoms with Crippen LogP contribution in [0.15, 0.2) is 84.6 Å². The number of hydrogen-bond acceptors (Lipinski definition) is 4. The van der Waals surface area contributed by atoms with Crippen molar-refractivity contribution in [3.8, 4) is 5.75 Å². The molecule has 0 radical (unpaired) electrons. The molecule has 4 aromatic rings. The molecule has 1 amide bonds. The van der Waals surface area contributed by atoms with Crippen LogP contribution >= 0.6 is 0 Å². The second kappa shape index (κ2) is 10.2. The summed E-state index contributed by atoms with van der Waals surface area (Å²) in [6, 6.07) is 21.6. The number of carbonyl (C=O) groups excluding carboxylic acids is 2. The highest BCUT2D eigenvalue weighted by molar-refractivity contribution is 6.51. The Hall–Kier alpha value is -4.32. The molecule has 2 heterocycles. The molecular formula is C32H32N2O4. The fraction of sp³-hybridized carbons (Fsp3) is 0.250. The van der Waals surface area contributed by atoms with Crippen LogP contribution in [0.3, 0.4) is 0 Å². The molecule has 1 fully saturated rings. The highest BCUT2D eigenvalue weighted by Gasteiger charge is 2.47. The molecule has 5 rings (SSSR count). The molecule has 1 atom stereocenters. The van der Waals surface area contributed by atoms with Crippen molar-refractivity contribution < 1.29 is 19.4 Å². The van der Waals surface area contributed by atoms with Crippen LogP contribution in [0.2, 0.25) is 0 Å². The topological polar surface area (TPSA) is 82.6 Å². The van der Waals surface area contributed by atoms with E-state index in [1.807, 2.05) is 60.8 Å². The Balaban J connectivity index is 1.68. The number of fused-ring (bicyclic) bond motifs is 1. The second-order valence-electron chi connectivity index (χ2n) is 10.4. The number of nitrogens with one attached hydrogen (secondary N) is 1. The second-order valence-corrected chi connectivity index (χ2v) is 10.4. The minimum atomic E-state index is -0.809. The van der Waals surface area contributed by atoms with Crippen molar-refractivity contribution in [1.82, 2.24) is 4.98 Å². The largest absolute Gasteiger partial charge is 0.507 e. The summed E-state index contributed by atoms with van der Waals surface area (Å²) in [4.78, 5) is 31.9. The van der Waals surface area contributed by atoms with E-state index in [-0.39, 0.29) is 11.3 Å². The van der Waals surface area contributed by atoms with Gasteiger partial charge in [-0.05, 0) is 47.7 Å². The number of carbonyl (C=O) groups is 2. The molecule has 1 saturated heterocycles. The number of aromatic amines is 1. The van der Waals surface area contributed by atoms with Gasteiger partial charge in [-0.3, -0.25) is 14.5 Å². The van der Waals surface area contributed by atoms with Crippen LogP contribution < -0.4 is 9.64 Å². The molecule has 2 N–H and O–H groups in total. The average molecular weight is 509 g/mol. The first kappa shape index (κ1) is 25.3. The van der Waals surface area contributed by atoms with E-state index >= 15 is 0 Å². The normalized spacial score (nSPS) is 17.2. The van der Waals surface area contributed by atoms with Crippen molar-refractivity contribution in [3.05, 3.63) is 101 Å². The predicted octanol–water partition coefficient (Wildman–Crippen LogP) is 6.95. The molecular weight excluding hydrogens is 476 g/mol. The fourth-order valence-corrected chi connectivity index (χ4v) is 4.88. The van der Waals surface area contributed by atoms with Gasteiger partial charge in [0.15, 0.2) is 0 Å². The minimum absolute atomic E-state index is 0.0497. The van der Waals surface area contributed by atoms with Gasteiger partial charge in [-0.1, -0.05) is 70.2 Å². The van der Waals surface area contributed by atoms with Gasteiger partial charge in [0.25, 0.3) is 11.7 Å². The Bertz CT molecular complexity index is 1530. The quantitative estimate of drug-likeness (QED) is 0.161. The highest BCUT2D eigenvalue weighted by Crippen LogP contribution is 2.44. The number of hydrogen-bond donors (Lipinski definition) is 2. The molecule has 1 aliphatic rings. The van der Waals surface area contributed by atoms with Gasteiger partial charge in [-0.15, -0.1) is 0 Å². The number of aliphatic hydroxyl groups excluding tert-OH is 1. The van der Waals surface area contributed by atoms with E-state index in [0.29, 0.717) is 35.4 Å². The van der Waals surface area contributed by atoms with Crippen LogP contribution in [0.5, 0.6) is 5.75 Å². The number of para-hydroxylation sites is 1. The molecule has 194 valence electrons. The number of aromatic nitrogens is 1. The van der Waals surface area contributed by atoms with Crippen LogP contribution in [0.1, 0.15) is 56.3 Å². The first-order valence-corrected chi connectivity index (χ1v) is 13.0. The van der Waals surface area contributed by atoms with E-state index in [1.165, 1.54) is 4.90 Å². The van der Waals surface area contributed by atoms with E-state index < -0.39 is 17.7 Å². The van der Waals surface area contributed by atoms with Crippen LogP contribution in [0.25, 0.3) is 16.7 Å². The van der Waals surface area contributed by atoms with Gasteiger partial charge in [0.2, 0.25) is 0 Å². The average Bonchev–Trinajstić information content (AvgIpc) is 3.45. The molecule has 38 heavy (non-hydrogen) atoms. The van der Waals surface area contributed by atoms with Gasteiger partial charge >= 0.3 is 0 Å². The number of nitrogens with zero attached hydrogens (tertiary/aromatic N) is 1. The van der Waals surface area contributed by atoms with E-state index in [0.717, 1.165) is 22.0 Å². The monoisotopic (exact) mass is 508 g/mol. The van der Waals surface area contributed by atoms with E-state index in [9.17, 15) is 14.7 Å². The molecule has 3 aromatic carbocycles. The van der Waals surface area contributed by atoms with Gasteiger partial charge in [0, 0.05) is 33.9 Å². The van der Waals surface area contributed by atoms with E-state index in [2.05, 4.69) is 32.7 Å². The molecule has 0 saturated carbocycles. The van der Waals surface area contributed by atoms with Gasteiger partial charge < -0.3 is 14.8 Å². The Labute approximate surface area is 222 Å². The maximum absolute atomic E-state index is 13.6. The zero-order valence-corrected chi connectivity index (χ0v) is 22.1. The number of anilines is 1. The van der Waals surface area contributed by atoms with Crippen molar-refractivity contribution in [1.29, 1.82) is 0 Å². The Morgan fingerprint density at radius 1 is 0.974 bits per heavy atom. The van der Waals surface area contributed by atoms with Crippen molar-refractivity contribution >= 4 is 34.0 Å². The van der Waals surface area contributed by atoms with Crippen LogP contribution in [0.4, 0.5) is 5.69 Å². The Kier molecular flexibility index (Phi) is 6.81. The SMILES string of the molecule is CC(C)COc1cccc(/C(O)=C2\C(=O)C(=O)N(c3ccc(C(C)C)cc3)C2c2c[nH]c3ccccc23)c1. The molecule has 0 aliphatic carbocycles. The minimum Gasteiger partial charge on any atom is -0.507 e. The zero-order chi connectivity index (χ0) is 27.0. The number of H-pyrrole nitrogens is 1. The molecule has 6 nitrogen and oxygen atoms in total. The van der Waals surface area contributed by atoms with Gasteiger partial charge in [-0.25, -0.2) is 0 Å². The zero-order valence-electron chi connectivity index (χ0n) is 22.1. The van der Waals surface area contributed by atoms with Gasteiger partial charge in [0.05, 0.1) is 18.2 Å². The summed E-state index contributed by atoms with van der Waals surface area (Å²) in [6.07, 6.45) is 1.81. The highest BCUT2D eigenvalue weighted by atomic mass is 16.5. The van der Waals surface area contributed by atoms with Crippen molar-refractivity contribution in [2.24, 2.45) is 5.92 Å². The molecule has 0 bridgehead atoms. The predicted molar refractivity (Wildman–Crippen MR) is 150 cm³/mol. The molecule has 1 unspecified atom stereocenters. The van der Waals surface area contributed by atoms with Crippen molar-refractivity contribution in [2.45, 2.75) is 39.7 Å². The molecule has 6 heteroatoms. The Morgan fingerprint density at radius 2 is 1.71 bits per heavy atom. The summed E-state index contributed by atoms with van der Waals surface area (Å²) in [7, 11) is 0. The number of benzene rings is 3. The molecule has 1 aliphatic heterocycles. The summed E-state index contributed by atoms with van der Waals surface area (Å²) >= 11 is 0. The smallest absolute Gasteiger partial charge is 0.300 e. The van der Waals surface area contributed by atoms with Crippen LogP contribution in [-0.2, 0) is 9.59 Å². The molecule has 1 aromatic heterocycles. The number of ketones is 1. The third-order valence-electron chi connectivity index (χ3n) is 6.89. The van der Waals surface area contributed by atoms with Gasteiger partial charge in [0.1, 0.15) is 11.5 Å². The van der Waals surface area contributed by atoms with Gasteiger partial charge in [-0.2, -0.15) is 0 Å². The lowest BCUT2D eigenvalue weighted by Crippen LogP contribution is -2.29. The van der Waals surface area contributed by atoms with Crippen molar-refractivity contribution in [2.75, 3.05) is 11.5 Å². The Morgan fingerprint density at radius 3 is 2.42 bits per heavy atom. The molecule has 0 spiro atoms. The van der Waals surface area contributed by atoms with Crippen molar-refractivity contribution in [3.63, 3.8) is 0 Å². The lowest BCUT2D eigenvalue weighted by molar-refractivity contribution is -0.132. The third kappa shape index (κ3) is 4.58. The third-order valence-corrected chi connectivity index (χ3v) is 6.89. The number of rotatable bonds is 7. The van der Waals surface area contributed by atoms with E-state index in [1.54, 1.807) is 18.2 Å². The summed E-state index contributed by atoms with van der Waals surface area (Å²) in [5.41, 5.74) is 3.82. The van der Waals surface area contributed by atoms with E-state index in [4.69, 9.17) is 4.74 Å². The summed E-state index contributed by atoms with van der Waals surface area (Å²) in [5.74, 6) is -0.374. The lowest BCUT2D eigenvalue weighted by atomic mass is 9.94. The standard InChI is InChI=1S/C32H32N2O4/c1-19(2)18-38-24-9-7-8-22(16-24)30(35)28-29(26-17-33-27-11-6-5-10-25(26)27)34(32(37)31(28)36)23-14-12-21(13-15-23)20(3)4/h5-17,19-20,29,33,35H,18H2,1-4H3/b30-28+. The maximum atomic E-state index is 13.6. The fourth-order valence-electron chi connectivity index (χ4n) is 4.88. The van der Waals surface area contributed by atoms with Crippen LogP contribution in [-0.4, -0.2) is 28.4 Å².